The number of benzene rings is 1. The van der Waals surface area contributed by atoms with Gasteiger partial charge in [-0.1, -0.05) is 0 Å². The van der Waals surface area contributed by atoms with E-state index in [4.69, 9.17) is 5.73 Å². The summed E-state index contributed by atoms with van der Waals surface area (Å²) < 4.78 is 26.2. The SMILES string of the molecule is Cc1cc(F)cc(F)c1NCCNCC(N)=O. The molecule has 0 aliphatic heterocycles. The molecule has 0 saturated carbocycles. The molecule has 4 nitrogen and oxygen atoms in total. The summed E-state index contributed by atoms with van der Waals surface area (Å²) in [6.07, 6.45) is 0. The number of hydrogen-bond acceptors (Lipinski definition) is 3. The van der Waals surface area contributed by atoms with Crippen LogP contribution in [0.5, 0.6) is 0 Å². The zero-order chi connectivity index (χ0) is 12.8. The Bertz CT molecular complexity index is 387. The molecular formula is C11H15F2N3O. The molecule has 0 heterocycles. The molecule has 0 aliphatic rings. The molecule has 17 heavy (non-hydrogen) atoms. The Labute approximate surface area is 98.2 Å². The first kappa shape index (κ1) is 13.4. The lowest BCUT2D eigenvalue weighted by Crippen LogP contribution is -2.31. The molecule has 0 atom stereocenters. The Morgan fingerprint density at radius 2 is 2.06 bits per heavy atom. The summed E-state index contributed by atoms with van der Waals surface area (Å²) in [6.45, 7) is 2.56. The first-order valence-electron chi connectivity index (χ1n) is 5.19. The Hall–Kier alpha value is -1.69. The van der Waals surface area contributed by atoms with Crippen LogP contribution in [0, 0.1) is 18.6 Å². The molecule has 94 valence electrons. The van der Waals surface area contributed by atoms with Gasteiger partial charge in [-0.15, -0.1) is 0 Å². The van der Waals surface area contributed by atoms with Crippen LogP contribution in [0.15, 0.2) is 12.1 Å². The minimum atomic E-state index is -0.627. The predicted octanol–water partition coefficient (Wildman–Crippen LogP) is 0.760. The van der Waals surface area contributed by atoms with E-state index in [2.05, 4.69) is 10.6 Å². The number of carbonyl (C=O) groups is 1. The summed E-state index contributed by atoms with van der Waals surface area (Å²) in [7, 11) is 0. The fourth-order valence-corrected chi connectivity index (χ4v) is 1.41. The van der Waals surface area contributed by atoms with Crippen molar-refractivity contribution in [1.82, 2.24) is 5.32 Å². The van der Waals surface area contributed by atoms with Crippen LogP contribution >= 0.6 is 0 Å². The topological polar surface area (TPSA) is 67.2 Å². The van der Waals surface area contributed by atoms with E-state index in [1.54, 1.807) is 6.92 Å². The molecular weight excluding hydrogens is 228 g/mol. The lowest BCUT2D eigenvalue weighted by Gasteiger charge is -2.11. The summed E-state index contributed by atoms with van der Waals surface area (Å²) in [5.74, 6) is -1.68. The number of hydrogen-bond donors (Lipinski definition) is 3. The maximum atomic E-state index is 13.4. The van der Waals surface area contributed by atoms with Gasteiger partial charge in [-0.3, -0.25) is 4.79 Å². The lowest BCUT2D eigenvalue weighted by atomic mass is 10.2. The molecule has 0 saturated heterocycles. The van der Waals surface area contributed by atoms with Gasteiger partial charge in [0.1, 0.15) is 11.6 Å². The van der Waals surface area contributed by atoms with Crippen molar-refractivity contribution in [2.45, 2.75) is 6.92 Å². The zero-order valence-electron chi connectivity index (χ0n) is 9.52. The van der Waals surface area contributed by atoms with E-state index in [1.165, 1.54) is 6.07 Å². The van der Waals surface area contributed by atoms with Crippen molar-refractivity contribution in [1.29, 1.82) is 0 Å². The van der Waals surface area contributed by atoms with E-state index < -0.39 is 17.5 Å². The summed E-state index contributed by atoms with van der Waals surface area (Å²) in [6, 6.07) is 2.08. The highest BCUT2D eigenvalue weighted by molar-refractivity contribution is 5.75. The van der Waals surface area contributed by atoms with Crippen LogP contribution in [0.4, 0.5) is 14.5 Å². The van der Waals surface area contributed by atoms with Gasteiger partial charge in [-0.25, -0.2) is 8.78 Å². The fraction of sp³-hybridized carbons (Fsp3) is 0.364. The minimum absolute atomic E-state index is 0.0760. The van der Waals surface area contributed by atoms with Gasteiger partial charge in [0.15, 0.2) is 0 Å². The Balaban J connectivity index is 2.44. The van der Waals surface area contributed by atoms with E-state index in [1.807, 2.05) is 0 Å². The van der Waals surface area contributed by atoms with Gasteiger partial charge in [0.25, 0.3) is 0 Å². The summed E-state index contributed by atoms with van der Waals surface area (Å²) in [4.78, 5) is 10.4. The third kappa shape index (κ3) is 4.36. The maximum Gasteiger partial charge on any atom is 0.231 e. The average molecular weight is 243 g/mol. The number of rotatable bonds is 6. The number of nitrogens with two attached hydrogens (primary N) is 1. The Kier molecular flexibility index (Phi) is 4.84. The smallest absolute Gasteiger partial charge is 0.231 e. The van der Waals surface area contributed by atoms with Crippen LogP contribution in [-0.2, 0) is 4.79 Å². The molecule has 4 N–H and O–H groups in total. The highest BCUT2D eigenvalue weighted by Gasteiger charge is 2.07. The van der Waals surface area contributed by atoms with E-state index in [-0.39, 0.29) is 12.2 Å². The number of carbonyl (C=O) groups excluding carboxylic acids is 1. The summed E-state index contributed by atoms with van der Waals surface area (Å²) >= 11 is 0. The lowest BCUT2D eigenvalue weighted by molar-refractivity contribution is -0.117. The minimum Gasteiger partial charge on any atom is -0.381 e. The molecule has 1 aromatic rings. The van der Waals surface area contributed by atoms with Gasteiger partial charge in [0, 0.05) is 19.2 Å². The molecule has 1 aromatic carbocycles. The first-order valence-corrected chi connectivity index (χ1v) is 5.19. The summed E-state index contributed by atoms with van der Waals surface area (Å²) in [5.41, 5.74) is 5.70. The van der Waals surface area contributed by atoms with Crippen molar-refractivity contribution in [3.8, 4) is 0 Å². The van der Waals surface area contributed by atoms with Crippen LogP contribution < -0.4 is 16.4 Å². The van der Waals surface area contributed by atoms with Crippen molar-refractivity contribution < 1.29 is 13.6 Å². The molecule has 6 heteroatoms. The monoisotopic (exact) mass is 243 g/mol. The largest absolute Gasteiger partial charge is 0.381 e. The van der Waals surface area contributed by atoms with Gasteiger partial charge in [-0.2, -0.15) is 0 Å². The van der Waals surface area contributed by atoms with Crippen molar-refractivity contribution in [3.63, 3.8) is 0 Å². The van der Waals surface area contributed by atoms with Gasteiger partial charge in [-0.05, 0) is 18.6 Å². The second-order valence-electron chi connectivity index (χ2n) is 3.65. The average Bonchev–Trinajstić information content (AvgIpc) is 2.20. The fourth-order valence-electron chi connectivity index (χ4n) is 1.41. The predicted molar refractivity (Wildman–Crippen MR) is 61.6 cm³/mol. The van der Waals surface area contributed by atoms with E-state index in [9.17, 15) is 13.6 Å². The van der Waals surface area contributed by atoms with Crippen molar-refractivity contribution >= 4 is 11.6 Å². The molecule has 0 spiro atoms. The van der Waals surface area contributed by atoms with Crippen LogP contribution in [0.2, 0.25) is 0 Å². The van der Waals surface area contributed by atoms with Crippen LogP contribution in [0.3, 0.4) is 0 Å². The molecule has 0 radical (unpaired) electrons. The van der Waals surface area contributed by atoms with Crippen molar-refractivity contribution in [2.24, 2.45) is 5.73 Å². The quantitative estimate of drug-likeness (QED) is 0.646. The van der Waals surface area contributed by atoms with E-state index in [0.717, 1.165) is 6.07 Å². The highest BCUT2D eigenvalue weighted by atomic mass is 19.1. The number of anilines is 1. The Morgan fingerprint density at radius 3 is 2.65 bits per heavy atom. The standard InChI is InChI=1S/C11H15F2N3O/c1-7-4-8(12)5-9(13)11(7)16-3-2-15-6-10(14)17/h4-5,15-16H,2-3,6H2,1H3,(H2,14,17). The number of aryl methyl sites for hydroxylation is 1. The first-order chi connectivity index (χ1) is 8.00. The van der Waals surface area contributed by atoms with E-state index >= 15 is 0 Å². The zero-order valence-corrected chi connectivity index (χ0v) is 9.52. The Morgan fingerprint density at radius 1 is 1.35 bits per heavy atom. The van der Waals surface area contributed by atoms with Gasteiger partial charge < -0.3 is 16.4 Å². The van der Waals surface area contributed by atoms with Gasteiger partial charge >= 0.3 is 0 Å². The molecule has 0 aliphatic carbocycles. The molecule has 0 bridgehead atoms. The van der Waals surface area contributed by atoms with E-state index in [0.29, 0.717) is 18.7 Å². The van der Waals surface area contributed by atoms with Crippen LogP contribution in [0.1, 0.15) is 5.56 Å². The normalized spacial score (nSPS) is 10.3. The molecule has 1 amide bonds. The second kappa shape index (κ2) is 6.15. The van der Waals surface area contributed by atoms with Crippen molar-refractivity contribution in [3.05, 3.63) is 29.3 Å². The maximum absolute atomic E-state index is 13.4. The van der Waals surface area contributed by atoms with Crippen LogP contribution in [-0.4, -0.2) is 25.5 Å². The van der Waals surface area contributed by atoms with Gasteiger partial charge in [0.05, 0.1) is 12.2 Å². The number of amides is 1. The highest BCUT2D eigenvalue weighted by Crippen LogP contribution is 2.20. The van der Waals surface area contributed by atoms with Crippen molar-refractivity contribution in [2.75, 3.05) is 25.0 Å². The second-order valence-corrected chi connectivity index (χ2v) is 3.65. The number of nitrogens with one attached hydrogen (secondary N) is 2. The molecule has 0 unspecified atom stereocenters. The molecule has 1 rings (SSSR count). The van der Waals surface area contributed by atoms with Gasteiger partial charge in [0.2, 0.25) is 5.91 Å². The van der Waals surface area contributed by atoms with Crippen LogP contribution in [0.25, 0.3) is 0 Å². The number of halogens is 2. The third-order valence-electron chi connectivity index (χ3n) is 2.15. The third-order valence-corrected chi connectivity index (χ3v) is 2.15. The summed E-state index contributed by atoms with van der Waals surface area (Å²) in [5, 5.41) is 5.60. The molecule has 0 fully saturated rings. The number of primary amides is 1. The molecule has 0 aromatic heterocycles.